The molecule has 0 spiro atoms. The van der Waals surface area contributed by atoms with E-state index in [-0.39, 0.29) is 17.1 Å². The molecule has 2 aromatic rings. The maximum atomic E-state index is 12.3. The molecular weight excluding hydrogens is 366 g/mol. The Balaban J connectivity index is 2.31. The summed E-state index contributed by atoms with van der Waals surface area (Å²) < 4.78 is 5.72. The predicted octanol–water partition coefficient (Wildman–Crippen LogP) is 1.85. The minimum atomic E-state index is -1.15. The van der Waals surface area contributed by atoms with Crippen molar-refractivity contribution in [3.8, 4) is 5.75 Å². The number of carboxylic acids is 1. The highest BCUT2D eigenvalue weighted by Crippen LogP contribution is 2.24. The molecule has 1 amide bonds. The number of amides is 1. The van der Waals surface area contributed by atoms with Crippen LogP contribution in [0.15, 0.2) is 52.1 Å². The van der Waals surface area contributed by atoms with Gasteiger partial charge in [-0.25, -0.2) is 4.79 Å². The van der Waals surface area contributed by atoms with Crippen molar-refractivity contribution in [2.24, 2.45) is 10.7 Å². The molecule has 7 nitrogen and oxygen atoms in total. The number of benzene rings is 1. The number of hydrogen-bond acceptors (Lipinski definition) is 4. The standard InChI is InChI=1S/C15H12BrN3O4/c16-9-4-5-12(23-8-13(20)21)10(7-9)15(22)19-14(17)11-3-1-2-6-18-11/h1-7H,8H2,(H,20,21)(H2,17,19,22). The lowest BCUT2D eigenvalue weighted by atomic mass is 10.2. The lowest BCUT2D eigenvalue weighted by Gasteiger charge is -2.08. The second kappa shape index (κ2) is 7.50. The molecular formula is C15H12BrN3O4. The molecule has 118 valence electrons. The van der Waals surface area contributed by atoms with E-state index >= 15 is 0 Å². The number of carbonyl (C=O) groups is 2. The smallest absolute Gasteiger partial charge is 0.341 e. The fourth-order valence-corrected chi connectivity index (χ4v) is 2.04. The highest BCUT2D eigenvalue weighted by atomic mass is 79.9. The van der Waals surface area contributed by atoms with Gasteiger partial charge in [0.15, 0.2) is 12.4 Å². The molecule has 2 rings (SSSR count). The zero-order chi connectivity index (χ0) is 16.8. The van der Waals surface area contributed by atoms with Crippen molar-refractivity contribution in [2.45, 2.75) is 0 Å². The van der Waals surface area contributed by atoms with Gasteiger partial charge in [0, 0.05) is 10.7 Å². The number of aliphatic carboxylic acids is 1. The number of carbonyl (C=O) groups excluding carboxylic acids is 1. The Morgan fingerprint density at radius 1 is 1.30 bits per heavy atom. The number of halogens is 1. The van der Waals surface area contributed by atoms with E-state index in [1.54, 1.807) is 24.3 Å². The van der Waals surface area contributed by atoms with Crippen LogP contribution in [0, 0.1) is 0 Å². The van der Waals surface area contributed by atoms with Crippen LogP contribution in [0.25, 0.3) is 0 Å². The summed E-state index contributed by atoms with van der Waals surface area (Å²) in [5, 5.41) is 8.68. The van der Waals surface area contributed by atoms with Crippen LogP contribution in [0.5, 0.6) is 5.75 Å². The molecule has 0 aliphatic carbocycles. The molecule has 0 aliphatic heterocycles. The van der Waals surface area contributed by atoms with Crippen LogP contribution in [0.4, 0.5) is 0 Å². The summed E-state index contributed by atoms with van der Waals surface area (Å²) in [6.07, 6.45) is 1.53. The third-order valence-electron chi connectivity index (χ3n) is 2.67. The molecule has 1 aromatic heterocycles. The normalized spacial score (nSPS) is 11.1. The average molecular weight is 378 g/mol. The lowest BCUT2D eigenvalue weighted by Crippen LogP contribution is -2.18. The number of hydrogen-bond donors (Lipinski definition) is 2. The van der Waals surface area contributed by atoms with Crippen molar-refractivity contribution in [2.75, 3.05) is 6.61 Å². The van der Waals surface area contributed by atoms with Crippen molar-refractivity contribution in [3.05, 3.63) is 58.3 Å². The van der Waals surface area contributed by atoms with Gasteiger partial charge in [0.2, 0.25) is 0 Å². The fourth-order valence-electron chi connectivity index (χ4n) is 1.68. The second-order valence-electron chi connectivity index (χ2n) is 4.34. The second-order valence-corrected chi connectivity index (χ2v) is 5.26. The van der Waals surface area contributed by atoms with Gasteiger partial charge in [0.05, 0.1) is 5.56 Å². The number of carboxylic acid groups (broad SMARTS) is 1. The fraction of sp³-hybridized carbons (Fsp3) is 0.0667. The Kier molecular flexibility index (Phi) is 5.42. The van der Waals surface area contributed by atoms with E-state index < -0.39 is 18.5 Å². The Labute approximate surface area is 140 Å². The van der Waals surface area contributed by atoms with Gasteiger partial charge in [0.1, 0.15) is 11.4 Å². The minimum absolute atomic E-state index is 0.0419. The van der Waals surface area contributed by atoms with Gasteiger partial charge in [-0.2, -0.15) is 4.99 Å². The van der Waals surface area contributed by atoms with Gasteiger partial charge >= 0.3 is 5.97 Å². The van der Waals surface area contributed by atoms with E-state index in [9.17, 15) is 9.59 Å². The van der Waals surface area contributed by atoms with Gasteiger partial charge in [-0.3, -0.25) is 9.78 Å². The first-order chi connectivity index (χ1) is 11.0. The number of rotatable bonds is 5. The molecule has 23 heavy (non-hydrogen) atoms. The third kappa shape index (κ3) is 4.62. The highest BCUT2D eigenvalue weighted by molar-refractivity contribution is 9.10. The van der Waals surface area contributed by atoms with Crippen molar-refractivity contribution in [1.29, 1.82) is 0 Å². The molecule has 8 heteroatoms. The Hall–Kier alpha value is -2.74. The zero-order valence-corrected chi connectivity index (χ0v) is 13.4. The van der Waals surface area contributed by atoms with Gasteiger partial charge < -0.3 is 15.6 Å². The maximum absolute atomic E-state index is 12.3. The number of nitrogens with zero attached hydrogens (tertiary/aromatic N) is 2. The molecule has 0 saturated heterocycles. The summed E-state index contributed by atoms with van der Waals surface area (Å²) >= 11 is 3.24. The van der Waals surface area contributed by atoms with Crippen LogP contribution >= 0.6 is 15.9 Å². The Bertz CT molecular complexity index is 763. The van der Waals surface area contributed by atoms with E-state index in [4.69, 9.17) is 15.6 Å². The summed E-state index contributed by atoms with van der Waals surface area (Å²) in [5.74, 6) is -1.74. The summed E-state index contributed by atoms with van der Waals surface area (Å²) in [5.41, 5.74) is 6.23. The molecule has 3 N–H and O–H groups in total. The number of pyridine rings is 1. The molecule has 0 unspecified atom stereocenters. The van der Waals surface area contributed by atoms with E-state index in [1.165, 1.54) is 18.3 Å². The number of aliphatic imine (C=N–C) groups is 1. The summed E-state index contributed by atoms with van der Waals surface area (Å²) in [4.78, 5) is 30.7. The number of nitrogens with two attached hydrogens (primary N) is 1. The zero-order valence-electron chi connectivity index (χ0n) is 11.8. The topological polar surface area (TPSA) is 115 Å². The van der Waals surface area contributed by atoms with Crippen LogP contribution in [0.3, 0.4) is 0 Å². The quantitative estimate of drug-likeness (QED) is 0.606. The number of amidine groups is 1. The van der Waals surface area contributed by atoms with Gasteiger partial charge in [-0.05, 0) is 30.3 Å². The largest absolute Gasteiger partial charge is 0.481 e. The highest BCUT2D eigenvalue weighted by Gasteiger charge is 2.15. The predicted molar refractivity (Wildman–Crippen MR) is 86.6 cm³/mol. The molecule has 0 aliphatic rings. The summed E-state index contributed by atoms with van der Waals surface area (Å²) in [6, 6.07) is 9.64. The van der Waals surface area contributed by atoms with E-state index in [0.717, 1.165) is 0 Å². The van der Waals surface area contributed by atoms with Crippen LogP contribution < -0.4 is 10.5 Å². The van der Waals surface area contributed by atoms with Crippen molar-refractivity contribution < 1.29 is 19.4 Å². The van der Waals surface area contributed by atoms with E-state index in [2.05, 4.69) is 25.9 Å². The molecule has 1 aromatic carbocycles. The van der Waals surface area contributed by atoms with E-state index in [1.807, 2.05) is 0 Å². The van der Waals surface area contributed by atoms with Crippen molar-refractivity contribution in [1.82, 2.24) is 4.98 Å². The van der Waals surface area contributed by atoms with Gasteiger partial charge in [-0.15, -0.1) is 0 Å². The van der Waals surface area contributed by atoms with Gasteiger partial charge in [-0.1, -0.05) is 22.0 Å². The monoisotopic (exact) mass is 377 g/mol. The molecule has 0 atom stereocenters. The van der Waals surface area contributed by atoms with Crippen LogP contribution in [0.2, 0.25) is 0 Å². The minimum Gasteiger partial charge on any atom is -0.481 e. The first-order valence-corrected chi connectivity index (χ1v) is 7.20. The average Bonchev–Trinajstić information content (AvgIpc) is 2.54. The number of aromatic nitrogens is 1. The molecule has 0 saturated carbocycles. The lowest BCUT2D eigenvalue weighted by molar-refractivity contribution is -0.139. The molecule has 1 heterocycles. The summed E-state index contributed by atoms with van der Waals surface area (Å²) in [6.45, 7) is -0.568. The number of ether oxygens (including phenoxy) is 1. The first-order valence-electron chi connectivity index (χ1n) is 6.41. The Morgan fingerprint density at radius 2 is 2.09 bits per heavy atom. The van der Waals surface area contributed by atoms with E-state index in [0.29, 0.717) is 10.2 Å². The first kappa shape index (κ1) is 16.6. The maximum Gasteiger partial charge on any atom is 0.341 e. The van der Waals surface area contributed by atoms with Gasteiger partial charge in [0.25, 0.3) is 5.91 Å². The van der Waals surface area contributed by atoms with Crippen LogP contribution in [-0.2, 0) is 4.79 Å². The Morgan fingerprint density at radius 3 is 2.74 bits per heavy atom. The van der Waals surface area contributed by atoms with Crippen LogP contribution in [-0.4, -0.2) is 34.4 Å². The summed E-state index contributed by atoms with van der Waals surface area (Å²) in [7, 11) is 0. The van der Waals surface area contributed by atoms with Crippen molar-refractivity contribution >= 4 is 33.6 Å². The SMILES string of the molecule is NC(=NC(=O)c1cc(Br)ccc1OCC(=O)O)c1ccccn1. The molecule has 0 radical (unpaired) electrons. The molecule has 0 bridgehead atoms. The van der Waals surface area contributed by atoms with Crippen molar-refractivity contribution in [3.63, 3.8) is 0 Å². The third-order valence-corrected chi connectivity index (χ3v) is 3.17. The van der Waals surface area contributed by atoms with Crippen LogP contribution in [0.1, 0.15) is 16.1 Å². The molecule has 0 fully saturated rings.